The lowest BCUT2D eigenvalue weighted by molar-refractivity contribution is -0.130. The van der Waals surface area contributed by atoms with E-state index in [1.807, 2.05) is 6.92 Å². The molecule has 0 radical (unpaired) electrons. The number of carbonyl (C=O) groups is 1. The van der Waals surface area contributed by atoms with Crippen LogP contribution >= 0.6 is 0 Å². The number of ketones is 1. The van der Waals surface area contributed by atoms with Gasteiger partial charge in [-0.2, -0.15) is 0 Å². The lowest BCUT2D eigenvalue weighted by Crippen LogP contribution is -2.23. The van der Waals surface area contributed by atoms with E-state index in [1.54, 1.807) is 7.11 Å². The van der Waals surface area contributed by atoms with Crippen molar-refractivity contribution in [2.24, 2.45) is 0 Å². The molecule has 3 heteroatoms. The Labute approximate surface area is 93.1 Å². The lowest BCUT2D eigenvalue weighted by Gasteiger charge is -2.14. The molecule has 0 aliphatic rings. The molecule has 0 saturated heterocycles. The highest BCUT2D eigenvalue weighted by molar-refractivity contribution is 5.82. The zero-order valence-corrected chi connectivity index (χ0v) is 10.3. The van der Waals surface area contributed by atoms with E-state index < -0.39 is 0 Å². The van der Waals surface area contributed by atoms with Crippen LogP contribution in [0.3, 0.4) is 0 Å². The molecule has 1 atom stereocenters. The summed E-state index contributed by atoms with van der Waals surface area (Å²) in [7, 11) is 1.68. The summed E-state index contributed by atoms with van der Waals surface area (Å²) in [5.74, 6) is 0.238. The van der Waals surface area contributed by atoms with Crippen LogP contribution in [0.25, 0.3) is 0 Å². The van der Waals surface area contributed by atoms with Gasteiger partial charge in [0.2, 0.25) is 0 Å². The zero-order chi connectivity index (χ0) is 11.5. The van der Waals surface area contributed by atoms with E-state index in [0.29, 0.717) is 13.0 Å². The number of rotatable bonds is 10. The zero-order valence-electron chi connectivity index (χ0n) is 10.3. The van der Waals surface area contributed by atoms with Crippen molar-refractivity contribution in [3.05, 3.63) is 0 Å². The molecule has 0 saturated carbocycles. The molecule has 90 valence electrons. The van der Waals surface area contributed by atoms with Crippen LogP contribution in [0, 0.1) is 0 Å². The maximum atomic E-state index is 11.7. The van der Waals surface area contributed by atoms with Crippen molar-refractivity contribution in [1.82, 2.24) is 0 Å². The summed E-state index contributed by atoms with van der Waals surface area (Å²) < 4.78 is 10.4. The van der Waals surface area contributed by atoms with Gasteiger partial charge < -0.3 is 9.47 Å². The van der Waals surface area contributed by atoms with Gasteiger partial charge in [-0.3, -0.25) is 4.79 Å². The van der Waals surface area contributed by atoms with Gasteiger partial charge in [-0.1, -0.05) is 13.8 Å². The number of carbonyl (C=O) groups excluding carboxylic acids is 1. The average molecular weight is 216 g/mol. The SMILES string of the molecule is CCCOC(CC)C(=O)CCCCOC. The second-order valence-electron chi connectivity index (χ2n) is 3.68. The molecule has 0 aromatic rings. The Kier molecular flexibility index (Phi) is 9.84. The van der Waals surface area contributed by atoms with Crippen LogP contribution in [-0.2, 0) is 14.3 Å². The van der Waals surface area contributed by atoms with Gasteiger partial charge >= 0.3 is 0 Å². The first-order chi connectivity index (χ1) is 7.26. The standard InChI is InChI=1S/C12H24O3/c1-4-9-15-12(5-2)11(13)8-6-7-10-14-3/h12H,4-10H2,1-3H3. The van der Waals surface area contributed by atoms with Crippen molar-refractivity contribution >= 4 is 5.78 Å². The molecule has 0 fully saturated rings. The lowest BCUT2D eigenvalue weighted by atomic mass is 10.1. The number of Topliss-reactive ketones (excluding diaryl/α,β-unsaturated/α-hetero) is 1. The molecule has 0 aromatic heterocycles. The van der Waals surface area contributed by atoms with Gasteiger partial charge in [-0.25, -0.2) is 0 Å². The molecule has 0 aliphatic heterocycles. The Morgan fingerprint density at radius 2 is 1.93 bits per heavy atom. The monoisotopic (exact) mass is 216 g/mol. The summed E-state index contributed by atoms with van der Waals surface area (Å²) in [5.41, 5.74) is 0. The molecule has 0 aliphatic carbocycles. The maximum Gasteiger partial charge on any atom is 0.161 e. The molecule has 0 aromatic carbocycles. The van der Waals surface area contributed by atoms with Crippen LogP contribution in [0.2, 0.25) is 0 Å². The molecule has 15 heavy (non-hydrogen) atoms. The Balaban J connectivity index is 3.63. The highest BCUT2D eigenvalue weighted by Gasteiger charge is 2.15. The molecule has 0 spiro atoms. The Morgan fingerprint density at radius 3 is 2.47 bits per heavy atom. The normalized spacial score (nSPS) is 12.7. The van der Waals surface area contributed by atoms with Crippen LogP contribution in [0.1, 0.15) is 46.0 Å². The van der Waals surface area contributed by atoms with Crippen molar-refractivity contribution in [2.45, 2.75) is 52.1 Å². The Bertz CT molecular complexity index is 157. The highest BCUT2D eigenvalue weighted by atomic mass is 16.5. The van der Waals surface area contributed by atoms with Gasteiger partial charge in [0.15, 0.2) is 5.78 Å². The fraction of sp³-hybridized carbons (Fsp3) is 0.917. The predicted molar refractivity (Wildman–Crippen MR) is 61.1 cm³/mol. The summed E-state index contributed by atoms with van der Waals surface area (Å²) in [4.78, 5) is 11.7. The van der Waals surface area contributed by atoms with E-state index in [9.17, 15) is 4.79 Å². The molecule has 0 bridgehead atoms. The first-order valence-corrected chi connectivity index (χ1v) is 5.89. The minimum absolute atomic E-state index is 0.188. The molecule has 0 N–H and O–H groups in total. The molecule has 0 amide bonds. The molecular formula is C12H24O3. The number of methoxy groups -OCH3 is 1. The van der Waals surface area contributed by atoms with Gasteiger partial charge in [-0.15, -0.1) is 0 Å². The molecule has 3 nitrogen and oxygen atoms in total. The van der Waals surface area contributed by atoms with Crippen LogP contribution in [0.15, 0.2) is 0 Å². The summed E-state index contributed by atoms with van der Waals surface area (Å²) in [6, 6.07) is 0. The average Bonchev–Trinajstić information content (AvgIpc) is 2.25. The van der Waals surface area contributed by atoms with Crippen molar-refractivity contribution in [2.75, 3.05) is 20.3 Å². The Morgan fingerprint density at radius 1 is 1.20 bits per heavy atom. The topological polar surface area (TPSA) is 35.5 Å². The van der Waals surface area contributed by atoms with Crippen molar-refractivity contribution in [3.63, 3.8) is 0 Å². The first-order valence-electron chi connectivity index (χ1n) is 5.89. The van der Waals surface area contributed by atoms with Gasteiger partial charge in [0, 0.05) is 26.7 Å². The predicted octanol–water partition coefficient (Wildman–Crippen LogP) is 2.58. The molecule has 0 rings (SSSR count). The van der Waals surface area contributed by atoms with E-state index in [2.05, 4.69) is 6.92 Å². The smallest absolute Gasteiger partial charge is 0.161 e. The van der Waals surface area contributed by atoms with E-state index in [4.69, 9.17) is 9.47 Å². The van der Waals surface area contributed by atoms with E-state index in [1.165, 1.54) is 0 Å². The third kappa shape index (κ3) is 7.51. The summed E-state index contributed by atoms with van der Waals surface area (Å²) >= 11 is 0. The van der Waals surface area contributed by atoms with Gasteiger partial charge in [-0.05, 0) is 25.7 Å². The number of hydrogen-bond acceptors (Lipinski definition) is 3. The van der Waals surface area contributed by atoms with E-state index >= 15 is 0 Å². The highest BCUT2D eigenvalue weighted by Crippen LogP contribution is 2.07. The molecule has 1 unspecified atom stereocenters. The third-order valence-corrected chi connectivity index (χ3v) is 2.27. The van der Waals surface area contributed by atoms with Crippen LogP contribution in [0.4, 0.5) is 0 Å². The van der Waals surface area contributed by atoms with Crippen molar-refractivity contribution < 1.29 is 14.3 Å². The van der Waals surface area contributed by atoms with E-state index in [-0.39, 0.29) is 11.9 Å². The second kappa shape index (κ2) is 10.1. The van der Waals surface area contributed by atoms with Crippen molar-refractivity contribution in [3.8, 4) is 0 Å². The minimum Gasteiger partial charge on any atom is -0.385 e. The minimum atomic E-state index is -0.188. The Hall–Kier alpha value is -0.410. The number of hydrogen-bond donors (Lipinski definition) is 0. The van der Waals surface area contributed by atoms with Gasteiger partial charge in [0.1, 0.15) is 6.10 Å². The van der Waals surface area contributed by atoms with E-state index in [0.717, 1.165) is 32.3 Å². The summed E-state index contributed by atoms with van der Waals surface area (Å²) in [5, 5.41) is 0. The molecule has 0 heterocycles. The summed E-state index contributed by atoms with van der Waals surface area (Å²) in [6.07, 6.45) is 4.03. The first kappa shape index (κ1) is 14.6. The van der Waals surface area contributed by atoms with Gasteiger partial charge in [0.25, 0.3) is 0 Å². The largest absolute Gasteiger partial charge is 0.385 e. The van der Waals surface area contributed by atoms with Crippen molar-refractivity contribution in [1.29, 1.82) is 0 Å². The van der Waals surface area contributed by atoms with Crippen LogP contribution in [-0.4, -0.2) is 32.2 Å². The quantitative estimate of drug-likeness (QED) is 0.526. The van der Waals surface area contributed by atoms with Crippen LogP contribution in [0.5, 0.6) is 0 Å². The number of unbranched alkanes of at least 4 members (excludes halogenated alkanes) is 1. The van der Waals surface area contributed by atoms with Gasteiger partial charge in [0.05, 0.1) is 0 Å². The third-order valence-electron chi connectivity index (χ3n) is 2.27. The second-order valence-corrected chi connectivity index (χ2v) is 3.68. The number of ether oxygens (including phenoxy) is 2. The maximum absolute atomic E-state index is 11.7. The molecular weight excluding hydrogens is 192 g/mol. The summed E-state index contributed by atoms with van der Waals surface area (Å²) in [6.45, 7) is 5.46. The van der Waals surface area contributed by atoms with Crippen LogP contribution < -0.4 is 0 Å². The fourth-order valence-electron chi connectivity index (χ4n) is 1.41. The fourth-order valence-corrected chi connectivity index (χ4v) is 1.41.